The Morgan fingerprint density at radius 2 is 1.00 bits per heavy atom. The number of phenols is 1. The van der Waals surface area contributed by atoms with Crippen molar-refractivity contribution in [3.8, 4) is 16.9 Å². The lowest BCUT2D eigenvalue weighted by molar-refractivity contribution is 0.475. The maximum absolute atomic E-state index is 10.0. The van der Waals surface area contributed by atoms with E-state index < -0.39 is 5.41 Å². The highest BCUT2D eigenvalue weighted by atomic mass is 16.3. The third-order valence-corrected chi connectivity index (χ3v) is 6.45. The normalized spacial score (nSPS) is 13.7. The van der Waals surface area contributed by atoms with Crippen LogP contribution >= 0.6 is 0 Å². The molecule has 0 saturated heterocycles. The van der Waals surface area contributed by atoms with Gasteiger partial charge in [-0.3, -0.25) is 0 Å². The van der Waals surface area contributed by atoms with Crippen molar-refractivity contribution in [1.82, 2.24) is 0 Å². The summed E-state index contributed by atoms with van der Waals surface area (Å²) in [6.07, 6.45) is 0. The molecule has 1 nitrogen and oxygen atoms in total. The monoisotopic (exact) mass is 384 g/mol. The fourth-order valence-corrected chi connectivity index (χ4v) is 5.26. The topological polar surface area (TPSA) is 20.2 Å². The van der Waals surface area contributed by atoms with Crippen LogP contribution in [-0.2, 0) is 5.41 Å². The van der Waals surface area contributed by atoms with Crippen LogP contribution in [0.25, 0.3) is 21.9 Å². The lowest BCUT2D eigenvalue weighted by Gasteiger charge is -2.34. The lowest BCUT2D eigenvalue weighted by Crippen LogP contribution is -2.28. The first-order valence-electron chi connectivity index (χ1n) is 10.3. The zero-order valence-corrected chi connectivity index (χ0v) is 16.4. The molecule has 30 heavy (non-hydrogen) atoms. The first-order chi connectivity index (χ1) is 14.8. The number of fused-ring (bicyclic) bond motifs is 4. The Kier molecular flexibility index (Phi) is 3.60. The first kappa shape index (κ1) is 17.1. The predicted octanol–water partition coefficient (Wildman–Crippen LogP) is 6.91. The van der Waals surface area contributed by atoms with Crippen LogP contribution in [0.3, 0.4) is 0 Å². The summed E-state index contributed by atoms with van der Waals surface area (Å²) in [5, 5.41) is 12.5. The summed E-state index contributed by atoms with van der Waals surface area (Å²) in [6.45, 7) is 0. The minimum absolute atomic E-state index is 0.284. The van der Waals surface area contributed by atoms with Crippen molar-refractivity contribution < 1.29 is 5.11 Å². The van der Waals surface area contributed by atoms with E-state index in [2.05, 4.69) is 103 Å². The average molecular weight is 384 g/mol. The number of aromatic hydroxyl groups is 1. The maximum Gasteiger partial charge on any atom is 0.115 e. The minimum atomic E-state index is -0.443. The van der Waals surface area contributed by atoms with E-state index in [9.17, 15) is 5.11 Å². The fourth-order valence-electron chi connectivity index (χ4n) is 5.26. The van der Waals surface area contributed by atoms with Crippen LogP contribution in [-0.4, -0.2) is 5.11 Å². The molecular weight excluding hydrogens is 364 g/mol. The molecule has 0 unspecified atom stereocenters. The smallest absolute Gasteiger partial charge is 0.115 e. The van der Waals surface area contributed by atoms with E-state index in [-0.39, 0.29) is 5.75 Å². The summed E-state index contributed by atoms with van der Waals surface area (Å²) in [7, 11) is 0. The summed E-state index contributed by atoms with van der Waals surface area (Å²) in [6, 6.07) is 40.4. The van der Waals surface area contributed by atoms with Crippen LogP contribution < -0.4 is 0 Å². The van der Waals surface area contributed by atoms with Gasteiger partial charge >= 0.3 is 0 Å². The van der Waals surface area contributed by atoms with Crippen molar-refractivity contribution >= 4 is 10.8 Å². The highest BCUT2D eigenvalue weighted by molar-refractivity contribution is 5.94. The molecule has 0 heterocycles. The molecule has 0 aliphatic heterocycles. The molecule has 0 radical (unpaired) electrons. The van der Waals surface area contributed by atoms with Crippen LogP contribution in [0.4, 0.5) is 0 Å². The highest BCUT2D eigenvalue weighted by Crippen LogP contribution is 2.57. The molecule has 0 amide bonds. The molecule has 1 N–H and O–H groups in total. The largest absolute Gasteiger partial charge is 0.508 e. The summed E-state index contributed by atoms with van der Waals surface area (Å²) >= 11 is 0. The molecule has 0 aromatic heterocycles. The third-order valence-electron chi connectivity index (χ3n) is 6.45. The van der Waals surface area contributed by atoms with Gasteiger partial charge in [0, 0.05) is 0 Å². The Balaban J connectivity index is 1.84. The Bertz CT molecular complexity index is 1350. The van der Waals surface area contributed by atoms with Crippen molar-refractivity contribution in [2.24, 2.45) is 0 Å². The van der Waals surface area contributed by atoms with Gasteiger partial charge in [-0.2, -0.15) is 0 Å². The van der Waals surface area contributed by atoms with E-state index in [1.807, 2.05) is 0 Å². The molecular formula is C29H20O. The standard InChI is InChI=1S/C29H20O/c30-22-18-16-21(17-19-22)29(26-15-7-9-20-8-1-2-10-23(20)26)27-13-5-3-11-24(27)25-12-4-6-14-28(25)29/h1-19,30H. The number of hydrogen-bond acceptors (Lipinski definition) is 1. The van der Waals surface area contributed by atoms with Crippen LogP contribution in [0.2, 0.25) is 0 Å². The third kappa shape index (κ3) is 2.18. The molecule has 0 atom stereocenters. The van der Waals surface area contributed by atoms with Crippen molar-refractivity contribution in [2.45, 2.75) is 5.41 Å². The summed E-state index contributed by atoms with van der Waals surface area (Å²) in [4.78, 5) is 0. The van der Waals surface area contributed by atoms with Gasteiger partial charge in [0.05, 0.1) is 5.41 Å². The number of benzene rings is 5. The van der Waals surface area contributed by atoms with Crippen molar-refractivity contribution in [2.75, 3.05) is 0 Å². The molecule has 1 heteroatoms. The molecule has 0 spiro atoms. The van der Waals surface area contributed by atoms with E-state index >= 15 is 0 Å². The summed E-state index contributed by atoms with van der Waals surface area (Å²) in [5.41, 5.74) is 7.10. The predicted molar refractivity (Wildman–Crippen MR) is 123 cm³/mol. The van der Waals surface area contributed by atoms with Gasteiger partial charge in [-0.05, 0) is 56.3 Å². The Morgan fingerprint density at radius 3 is 1.70 bits per heavy atom. The average Bonchev–Trinajstić information content (AvgIpc) is 3.11. The summed E-state index contributed by atoms with van der Waals surface area (Å²) < 4.78 is 0. The maximum atomic E-state index is 10.0. The Labute approximate surface area is 175 Å². The van der Waals surface area contributed by atoms with Crippen molar-refractivity contribution in [1.29, 1.82) is 0 Å². The second-order valence-corrected chi connectivity index (χ2v) is 7.91. The van der Waals surface area contributed by atoms with E-state index in [1.54, 1.807) is 12.1 Å². The molecule has 6 rings (SSSR count). The van der Waals surface area contributed by atoms with Gasteiger partial charge in [0.1, 0.15) is 5.75 Å². The molecule has 0 bridgehead atoms. The van der Waals surface area contributed by atoms with E-state index in [0.29, 0.717) is 0 Å². The Hall–Kier alpha value is -3.84. The van der Waals surface area contributed by atoms with Gasteiger partial charge in [-0.1, -0.05) is 103 Å². The van der Waals surface area contributed by atoms with E-state index in [1.165, 1.54) is 38.6 Å². The molecule has 5 aromatic carbocycles. The molecule has 5 aromatic rings. The van der Waals surface area contributed by atoms with Crippen LogP contribution in [0.15, 0.2) is 115 Å². The van der Waals surface area contributed by atoms with E-state index in [0.717, 1.165) is 5.56 Å². The van der Waals surface area contributed by atoms with Crippen molar-refractivity contribution in [3.63, 3.8) is 0 Å². The van der Waals surface area contributed by atoms with Gasteiger partial charge in [0.15, 0.2) is 0 Å². The molecule has 0 saturated carbocycles. The van der Waals surface area contributed by atoms with Gasteiger partial charge in [0.2, 0.25) is 0 Å². The highest BCUT2D eigenvalue weighted by Gasteiger charge is 2.46. The number of phenolic OH excluding ortho intramolecular Hbond substituents is 1. The van der Waals surface area contributed by atoms with Gasteiger partial charge in [-0.25, -0.2) is 0 Å². The van der Waals surface area contributed by atoms with Gasteiger partial charge < -0.3 is 5.11 Å². The van der Waals surface area contributed by atoms with Crippen LogP contribution in [0, 0.1) is 0 Å². The molecule has 1 aliphatic carbocycles. The van der Waals surface area contributed by atoms with E-state index in [4.69, 9.17) is 0 Å². The molecule has 0 fully saturated rings. The second-order valence-electron chi connectivity index (χ2n) is 7.91. The number of hydrogen-bond donors (Lipinski definition) is 1. The lowest BCUT2D eigenvalue weighted by atomic mass is 9.66. The van der Waals surface area contributed by atoms with Gasteiger partial charge in [-0.15, -0.1) is 0 Å². The van der Waals surface area contributed by atoms with Crippen LogP contribution in [0.1, 0.15) is 22.3 Å². The molecule has 1 aliphatic rings. The minimum Gasteiger partial charge on any atom is -0.508 e. The van der Waals surface area contributed by atoms with Crippen molar-refractivity contribution in [3.05, 3.63) is 138 Å². The summed E-state index contributed by atoms with van der Waals surface area (Å²) in [5.74, 6) is 0.284. The zero-order valence-electron chi connectivity index (χ0n) is 16.4. The second kappa shape index (κ2) is 6.33. The molecule has 142 valence electrons. The zero-order chi connectivity index (χ0) is 20.1. The fraction of sp³-hybridized carbons (Fsp3) is 0.0345. The van der Waals surface area contributed by atoms with Gasteiger partial charge in [0.25, 0.3) is 0 Å². The Morgan fingerprint density at radius 1 is 0.467 bits per heavy atom. The quantitative estimate of drug-likeness (QED) is 0.344. The number of rotatable bonds is 2. The first-order valence-corrected chi connectivity index (χ1v) is 10.3. The van der Waals surface area contributed by atoms with Crippen LogP contribution in [0.5, 0.6) is 5.75 Å². The SMILES string of the molecule is Oc1ccc(C2(c3cccc4ccccc34)c3ccccc3-c3ccccc32)cc1.